The van der Waals surface area contributed by atoms with E-state index < -0.39 is 134 Å². The molecule has 0 aliphatic carbocycles. The van der Waals surface area contributed by atoms with Crippen LogP contribution in [0.4, 0.5) is 11.9 Å². The van der Waals surface area contributed by atoms with Crippen molar-refractivity contribution in [2.24, 2.45) is 5.73 Å². The average molecular weight is 1420 g/mol. The number of carbonyl (C=O) groups is 2. The first-order valence-electron chi connectivity index (χ1n) is 21.2. The first-order valence-corrected chi connectivity index (χ1v) is 30.9. The minimum atomic E-state index is -6.15. The molecule has 0 radical (unpaired) electrons. The van der Waals surface area contributed by atoms with Crippen LogP contribution >= 0.6 is 71.4 Å². The normalized spacial score (nSPS) is 24.1. The quantitative estimate of drug-likeness (QED) is 0.0114. The van der Waals surface area contributed by atoms with Gasteiger partial charge in [-0.25, -0.2) is 37.2 Å². The number of likely N-dealkylation sites (N-methyl/N-ethyl adjacent to an activating group) is 1. The van der Waals surface area contributed by atoms with E-state index >= 15 is 0 Å². The van der Waals surface area contributed by atoms with Crippen molar-refractivity contribution in [2.75, 3.05) is 71.1 Å². The summed E-state index contributed by atoms with van der Waals surface area (Å²) in [5.41, 5.74) is 17.4. The molecule has 42 nitrogen and oxygen atoms in total. The third kappa shape index (κ3) is 28.4. The number of aliphatic hydroxyl groups is 2. The summed E-state index contributed by atoms with van der Waals surface area (Å²) in [4.78, 5) is 130. The van der Waals surface area contributed by atoms with Gasteiger partial charge in [-0.2, -0.15) is 0 Å². The Labute approximate surface area is 621 Å². The Balaban J connectivity index is 0. The number of hydrogen-bond acceptors (Lipinski definition) is 36. The van der Waals surface area contributed by atoms with Crippen LogP contribution in [0.1, 0.15) is 12.5 Å². The van der Waals surface area contributed by atoms with Gasteiger partial charge in [0, 0.05) is 26.2 Å². The van der Waals surface area contributed by atoms with Crippen LogP contribution in [-0.2, 0) is 82.2 Å². The maximum Gasteiger partial charge on any atom is 1.00 e. The maximum absolute atomic E-state index is 12.1. The summed E-state index contributed by atoms with van der Waals surface area (Å²) in [7, 11) is -34.2. The van der Waals surface area contributed by atoms with E-state index in [0.29, 0.717) is 6.54 Å². The van der Waals surface area contributed by atoms with Gasteiger partial charge >= 0.3 is 177 Å². The molecular formula is C29H44N14Na6O28P6S2. The number of H-pyrrole nitrogens is 2. The van der Waals surface area contributed by atoms with Crippen molar-refractivity contribution in [3.63, 3.8) is 0 Å². The standard InChI is InChI=1S/C15H26N7O14P3S.C14H24N7O14P3S.6Na/c1-17-2-3-18-8(23)5-32-11-10(24)7(4-33-38(28,29)36-39(30,31)35-37(25,26)27)34-14(11)22-6-19-9-12(22)20-15(16)21-13(9)40;15-1-2-17-7(22)4-31-10-9(23)6(3-32-37(27,28)35-38(29,30)34-36(24,25)26)33-13(10)21-5-18-8-11(21)19-14(16)20-12(8)39;;;;;;/h6-7,10-11,14,17,24H,2-5H2,1H3,(H,18,23)(H,28,29)(H,30,31)(H2,25,26,27)(H3,16,20,21,40);5-6,9-10,13,23H,1-4,15H2,(H,17,22)(H,27,28)(H,29,30)(H2,24,25,26)(H3,16,19,20,39);;;;;;/q;;6*+1/p-6/t7-,10+,11?,14-;6-,9+,10?,13-;;;;;;/m11....../s1. The topological polar surface area (TPSA) is 655 Å². The van der Waals surface area contributed by atoms with Crippen molar-refractivity contribution in [2.45, 2.75) is 49.1 Å². The van der Waals surface area contributed by atoms with Crippen LogP contribution in [0.25, 0.3) is 22.3 Å². The number of aliphatic hydroxyl groups excluding tert-OH is 2. The van der Waals surface area contributed by atoms with E-state index in [4.69, 9.17) is 70.4 Å². The van der Waals surface area contributed by atoms with Crippen LogP contribution in [0.3, 0.4) is 0 Å². The molecule has 15 N–H and O–H groups in total. The zero-order valence-corrected chi connectivity index (χ0v) is 64.4. The Bertz CT molecular complexity index is 3260. The number of nitrogens with one attached hydrogen (secondary N) is 5. The molecule has 2 aliphatic heterocycles. The van der Waals surface area contributed by atoms with Gasteiger partial charge in [0.2, 0.25) is 11.8 Å². The van der Waals surface area contributed by atoms with Gasteiger partial charge in [-0.3, -0.25) is 46.1 Å². The number of fused-ring (bicyclic) bond motifs is 2. The fourth-order valence-electron chi connectivity index (χ4n) is 6.70. The van der Waals surface area contributed by atoms with E-state index in [1.54, 1.807) is 7.05 Å². The van der Waals surface area contributed by atoms with E-state index in [0.717, 1.165) is 0 Å². The second-order valence-electron chi connectivity index (χ2n) is 15.5. The number of rotatable bonds is 27. The molecule has 14 atom stereocenters. The number of phosphoric acid groups is 6. The van der Waals surface area contributed by atoms with Crippen LogP contribution in [0, 0.1) is 9.28 Å². The summed E-state index contributed by atoms with van der Waals surface area (Å²) in [6.45, 7) is -2.36. The van der Waals surface area contributed by atoms with Crippen molar-refractivity contribution < 1.29 is 309 Å². The number of nitrogen functional groups attached to an aromatic ring is 2. The van der Waals surface area contributed by atoms with Gasteiger partial charge in [-0.05, 0) is 7.05 Å². The van der Waals surface area contributed by atoms with E-state index in [1.807, 2.05) is 0 Å². The number of ether oxygens (including phenoxy) is 4. The number of nitrogens with two attached hydrogens (primary N) is 3. The van der Waals surface area contributed by atoms with E-state index in [2.05, 4.69) is 72.1 Å². The zero-order chi connectivity index (χ0) is 59.1. The van der Waals surface area contributed by atoms with Crippen molar-refractivity contribution in [1.82, 2.24) is 55.0 Å². The number of nitrogens with zero attached hydrogens (tertiary/aromatic N) is 6. The molecule has 8 unspecified atom stereocenters. The molecular weight excluding hydrogens is 1380 g/mol. The molecule has 56 heteroatoms. The first-order chi connectivity index (χ1) is 36.5. The minimum Gasteiger partial charge on any atom is -0.756 e. The fourth-order valence-corrected chi connectivity index (χ4v) is 13.0. The number of hydrogen-bond donors (Lipinski definition) is 12. The van der Waals surface area contributed by atoms with Gasteiger partial charge in [0.15, 0.2) is 33.6 Å². The van der Waals surface area contributed by atoms with Crippen LogP contribution in [0.2, 0.25) is 0 Å². The Morgan fingerprint density at radius 3 is 1.32 bits per heavy atom. The van der Waals surface area contributed by atoms with E-state index in [9.17, 15) is 76.6 Å². The molecule has 85 heavy (non-hydrogen) atoms. The van der Waals surface area contributed by atoms with Gasteiger partial charge in [0.1, 0.15) is 72.2 Å². The molecule has 2 amide bonds. The molecule has 2 aliphatic rings. The molecule has 6 rings (SSSR count). The van der Waals surface area contributed by atoms with Gasteiger partial charge in [-0.15, -0.1) is 0 Å². The van der Waals surface area contributed by atoms with Gasteiger partial charge < -0.3 is 120 Å². The summed E-state index contributed by atoms with van der Waals surface area (Å²) in [5.74, 6) is -1.38. The molecule has 4 aromatic rings. The number of amides is 2. The number of phosphoric ester groups is 2. The molecule has 446 valence electrons. The van der Waals surface area contributed by atoms with Crippen LogP contribution < -0.4 is 240 Å². The average Bonchev–Trinajstić information content (AvgIpc) is 4.06. The van der Waals surface area contributed by atoms with Crippen LogP contribution in [-0.4, -0.2) is 167 Å². The first kappa shape index (κ1) is 89.6. The van der Waals surface area contributed by atoms with E-state index in [1.165, 1.54) is 21.8 Å². The minimum absolute atomic E-state index is 0. The SMILES string of the molecule is CNCCNC(=O)COC1[C@@H](O)[C@@H](COP(=O)([O-])OP(=O)([O-])OP(=O)([O-])O)O[C@H]1n1cnc2c(=S)nc(N)[nH]c21.NCCNC(=O)COC1[C@@H](O)[C@@H](COP(=O)([O-])OP(=O)([O-])OP(=O)([O-])O)O[C@H]1n1cnc2c(=S)nc(N)[nH]c21.[Na+].[Na+].[Na+].[Na+].[Na+].[Na+]. The van der Waals surface area contributed by atoms with Crippen LogP contribution in [0.5, 0.6) is 0 Å². The number of aromatic amines is 2. The third-order valence-electron chi connectivity index (χ3n) is 9.68. The second kappa shape index (κ2) is 39.0. The molecule has 0 saturated carbocycles. The number of carbonyl (C=O) groups excluding carboxylic acids is 2. The van der Waals surface area contributed by atoms with Crippen molar-refractivity contribution >= 4 is 117 Å². The summed E-state index contributed by atoms with van der Waals surface area (Å²) >= 11 is 10.2. The third-order valence-corrected chi connectivity index (χ3v) is 17.6. The predicted octanol–water partition coefficient (Wildman–Crippen LogP) is -25.2. The smallest absolute Gasteiger partial charge is 0.756 e. The summed E-state index contributed by atoms with van der Waals surface area (Å²) in [6.07, 6.45) is -9.55. The molecule has 0 spiro atoms. The van der Waals surface area contributed by atoms with Crippen molar-refractivity contribution in [3.8, 4) is 0 Å². The predicted molar refractivity (Wildman–Crippen MR) is 249 cm³/mol. The van der Waals surface area contributed by atoms with Gasteiger partial charge in [0.05, 0.1) is 25.9 Å². The molecule has 2 fully saturated rings. The number of aromatic nitrogens is 8. The Morgan fingerprint density at radius 1 is 0.635 bits per heavy atom. The van der Waals surface area contributed by atoms with Crippen molar-refractivity contribution in [3.05, 3.63) is 21.9 Å². The zero-order valence-electron chi connectivity index (χ0n) is 45.4. The van der Waals surface area contributed by atoms with Crippen molar-refractivity contribution in [1.29, 1.82) is 0 Å². The Morgan fingerprint density at radius 2 is 0.988 bits per heavy atom. The monoisotopic (exact) mass is 1420 g/mol. The van der Waals surface area contributed by atoms with E-state index in [-0.39, 0.29) is 240 Å². The van der Waals surface area contributed by atoms with Crippen LogP contribution in [0.15, 0.2) is 12.7 Å². The summed E-state index contributed by atoms with van der Waals surface area (Å²) < 4.78 is 115. The molecule has 6 heterocycles. The van der Waals surface area contributed by atoms with Gasteiger partial charge in [-0.1, -0.05) is 24.4 Å². The number of anilines is 2. The molecule has 2 saturated heterocycles. The fraction of sp³-hybridized carbons (Fsp3) is 0.586. The second-order valence-corrected chi connectivity index (χ2v) is 24.8. The van der Waals surface area contributed by atoms with Gasteiger partial charge in [0.25, 0.3) is 46.9 Å². The number of imidazole rings is 2. The molecule has 0 bridgehead atoms. The summed E-state index contributed by atoms with van der Waals surface area (Å²) in [6, 6.07) is 0. The molecule has 0 aromatic carbocycles. The Kier molecular flexibility index (Phi) is 41.1. The summed E-state index contributed by atoms with van der Waals surface area (Å²) in [5, 5.41) is 29.5. The maximum atomic E-state index is 12.1. The Hall–Kier alpha value is 2.58. The largest absolute Gasteiger partial charge is 1.00 e. The molecule has 4 aromatic heterocycles.